The molecule has 1 aromatic heterocycles. The Bertz CT molecular complexity index is 1690. The van der Waals surface area contributed by atoms with Crippen molar-refractivity contribution in [3.63, 3.8) is 0 Å². The van der Waals surface area contributed by atoms with E-state index in [1.54, 1.807) is 42.2 Å². The summed E-state index contributed by atoms with van der Waals surface area (Å²) in [7, 11) is 0. The zero-order valence-electron chi connectivity index (χ0n) is 21.2. The molecular formula is C32H26N4O3. The zero-order valence-corrected chi connectivity index (χ0v) is 21.2. The Morgan fingerprint density at radius 1 is 0.795 bits per heavy atom. The number of hydrogen-bond donors (Lipinski definition) is 3. The third kappa shape index (κ3) is 4.24. The van der Waals surface area contributed by atoms with Gasteiger partial charge in [-0.25, -0.2) is 0 Å². The summed E-state index contributed by atoms with van der Waals surface area (Å²) >= 11 is 0. The van der Waals surface area contributed by atoms with Gasteiger partial charge >= 0.3 is 0 Å². The van der Waals surface area contributed by atoms with Crippen molar-refractivity contribution in [2.24, 2.45) is 0 Å². The average molecular weight is 515 g/mol. The van der Waals surface area contributed by atoms with E-state index in [-0.39, 0.29) is 5.91 Å². The number of H-pyrrole nitrogens is 1. The quantitative estimate of drug-likeness (QED) is 0.280. The fourth-order valence-electron chi connectivity index (χ4n) is 5.32. The first-order valence-corrected chi connectivity index (χ1v) is 12.8. The van der Waals surface area contributed by atoms with Crippen molar-refractivity contribution in [2.75, 3.05) is 0 Å². The number of nitrogens with zero attached hydrogens (tertiary/aromatic N) is 1. The first kappa shape index (κ1) is 24.2. The van der Waals surface area contributed by atoms with Gasteiger partial charge in [-0.1, -0.05) is 84.9 Å². The highest BCUT2D eigenvalue weighted by atomic mass is 16.2. The number of nitrogens with one attached hydrogen (secondary N) is 3. The number of hydrazine groups is 1. The van der Waals surface area contributed by atoms with E-state index in [9.17, 15) is 14.4 Å². The van der Waals surface area contributed by atoms with Crippen molar-refractivity contribution in [1.29, 1.82) is 0 Å². The summed E-state index contributed by atoms with van der Waals surface area (Å²) < 4.78 is 0. The van der Waals surface area contributed by atoms with Gasteiger partial charge in [-0.3, -0.25) is 25.2 Å². The van der Waals surface area contributed by atoms with Gasteiger partial charge in [0.2, 0.25) is 0 Å². The Morgan fingerprint density at radius 3 is 2.21 bits per heavy atom. The number of rotatable bonds is 5. The third-order valence-corrected chi connectivity index (χ3v) is 7.21. The molecule has 2 heterocycles. The second kappa shape index (κ2) is 9.95. The lowest BCUT2D eigenvalue weighted by Gasteiger charge is -2.31. The smallest absolute Gasteiger partial charge is 0.269 e. The molecule has 7 nitrogen and oxygen atoms in total. The first-order valence-electron chi connectivity index (χ1n) is 12.8. The molecule has 3 amide bonds. The Hall–Kier alpha value is -5.17. The topological polar surface area (TPSA) is 94.3 Å². The minimum atomic E-state index is -0.886. The van der Waals surface area contributed by atoms with Crippen LogP contribution in [0.1, 0.15) is 44.8 Å². The summed E-state index contributed by atoms with van der Waals surface area (Å²) in [5, 5.41) is 0.973. The number of amides is 3. The number of aromatic nitrogens is 1. The molecular weight excluding hydrogens is 488 g/mol. The highest BCUT2D eigenvalue weighted by molar-refractivity contribution is 6.04. The highest BCUT2D eigenvalue weighted by Gasteiger charge is 2.44. The van der Waals surface area contributed by atoms with Gasteiger partial charge in [0.15, 0.2) is 0 Å². The van der Waals surface area contributed by atoms with Crippen molar-refractivity contribution >= 4 is 28.6 Å². The van der Waals surface area contributed by atoms with Crippen molar-refractivity contribution < 1.29 is 14.4 Å². The molecule has 4 aromatic carbocycles. The first-order chi connectivity index (χ1) is 19.0. The molecule has 0 spiro atoms. The summed E-state index contributed by atoms with van der Waals surface area (Å²) in [6.07, 6.45) is 0. The van der Waals surface area contributed by atoms with Crippen molar-refractivity contribution in [1.82, 2.24) is 20.7 Å². The number of fused-ring (bicyclic) bond motifs is 2. The van der Waals surface area contributed by atoms with E-state index in [0.29, 0.717) is 11.1 Å². The molecule has 6 rings (SSSR count). The Kier molecular flexibility index (Phi) is 6.17. The molecule has 1 aliphatic heterocycles. The van der Waals surface area contributed by atoms with Crippen molar-refractivity contribution in [3.05, 3.63) is 131 Å². The van der Waals surface area contributed by atoms with Crippen LogP contribution in [0.15, 0.2) is 109 Å². The standard InChI is InChI=1S/C32H26N4O3/c1-20(30(37)34-35-31(38)22-14-6-3-7-15-22)36-29(23-16-8-9-17-24(23)32(36)39)27-25-18-10-11-19-26(25)33-28(27)21-12-4-2-5-13-21/h2-20,29,33H,1H3,(H,34,37)(H,35,38). The molecule has 39 heavy (non-hydrogen) atoms. The molecule has 0 bridgehead atoms. The molecule has 7 heteroatoms. The van der Waals surface area contributed by atoms with Gasteiger partial charge < -0.3 is 9.88 Å². The maximum absolute atomic E-state index is 13.8. The fraction of sp³-hybridized carbons (Fsp3) is 0.0938. The molecule has 0 saturated heterocycles. The molecule has 0 radical (unpaired) electrons. The van der Waals surface area contributed by atoms with E-state index in [2.05, 4.69) is 15.8 Å². The van der Waals surface area contributed by atoms with Crippen LogP contribution in [0.25, 0.3) is 22.2 Å². The SMILES string of the molecule is CC(C(=O)NNC(=O)c1ccccc1)N1C(=O)c2ccccc2C1c1c(-c2ccccc2)[nH]c2ccccc12. The predicted molar refractivity (Wildman–Crippen MR) is 150 cm³/mol. The second-order valence-electron chi connectivity index (χ2n) is 9.51. The lowest BCUT2D eigenvalue weighted by Crippen LogP contribution is -2.52. The molecule has 0 aliphatic carbocycles. The van der Waals surface area contributed by atoms with Crippen molar-refractivity contribution in [2.45, 2.75) is 19.0 Å². The second-order valence-corrected chi connectivity index (χ2v) is 9.51. The van der Waals surface area contributed by atoms with Gasteiger partial charge in [-0.2, -0.15) is 0 Å². The minimum Gasteiger partial charge on any atom is -0.354 e. The number of carbonyl (C=O) groups is 3. The molecule has 5 aromatic rings. The number of aromatic amines is 1. The van der Waals surface area contributed by atoms with Gasteiger partial charge in [-0.05, 0) is 42.3 Å². The summed E-state index contributed by atoms with van der Waals surface area (Å²) in [6, 6.07) is 32.6. The van der Waals surface area contributed by atoms with E-state index < -0.39 is 23.9 Å². The molecule has 3 N–H and O–H groups in total. The van der Waals surface area contributed by atoms with Crippen LogP contribution in [0.4, 0.5) is 0 Å². The normalized spacial score (nSPS) is 15.2. The van der Waals surface area contributed by atoms with Crippen LogP contribution < -0.4 is 10.9 Å². The van der Waals surface area contributed by atoms with Crippen LogP contribution >= 0.6 is 0 Å². The number of hydrogen-bond acceptors (Lipinski definition) is 3. The largest absolute Gasteiger partial charge is 0.354 e. The summed E-state index contributed by atoms with van der Waals surface area (Å²) in [4.78, 5) is 44.9. The molecule has 2 atom stereocenters. The Morgan fingerprint density at radius 2 is 1.44 bits per heavy atom. The summed E-state index contributed by atoms with van der Waals surface area (Å²) in [6.45, 7) is 1.68. The van der Waals surface area contributed by atoms with E-state index in [1.165, 1.54) is 0 Å². The van der Waals surface area contributed by atoms with E-state index in [0.717, 1.165) is 33.3 Å². The highest BCUT2D eigenvalue weighted by Crippen LogP contribution is 2.46. The van der Waals surface area contributed by atoms with Gasteiger partial charge in [0, 0.05) is 27.6 Å². The molecule has 192 valence electrons. The Balaban J connectivity index is 1.41. The zero-order chi connectivity index (χ0) is 26.9. The van der Waals surface area contributed by atoms with E-state index in [4.69, 9.17) is 0 Å². The van der Waals surface area contributed by atoms with Crippen LogP contribution in [0.5, 0.6) is 0 Å². The van der Waals surface area contributed by atoms with Gasteiger partial charge in [-0.15, -0.1) is 0 Å². The maximum atomic E-state index is 13.8. The van der Waals surface area contributed by atoms with Crippen LogP contribution in [0.2, 0.25) is 0 Å². The molecule has 0 saturated carbocycles. The van der Waals surface area contributed by atoms with Crippen LogP contribution in [-0.4, -0.2) is 33.6 Å². The number of para-hydroxylation sites is 1. The van der Waals surface area contributed by atoms with Gasteiger partial charge in [0.05, 0.1) is 11.7 Å². The van der Waals surface area contributed by atoms with Crippen LogP contribution in [-0.2, 0) is 4.79 Å². The summed E-state index contributed by atoms with van der Waals surface area (Å²) in [5.41, 5.74) is 10.5. The average Bonchev–Trinajstić information content (AvgIpc) is 3.51. The lowest BCUT2D eigenvalue weighted by molar-refractivity contribution is -0.126. The summed E-state index contributed by atoms with van der Waals surface area (Å²) in [5.74, 6) is -1.17. The monoisotopic (exact) mass is 514 g/mol. The molecule has 0 fully saturated rings. The maximum Gasteiger partial charge on any atom is 0.269 e. The lowest BCUT2D eigenvalue weighted by atomic mass is 9.92. The van der Waals surface area contributed by atoms with Crippen molar-refractivity contribution in [3.8, 4) is 11.3 Å². The van der Waals surface area contributed by atoms with E-state index in [1.807, 2.05) is 78.9 Å². The van der Waals surface area contributed by atoms with Crippen LogP contribution in [0.3, 0.4) is 0 Å². The third-order valence-electron chi connectivity index (χ3n) is 7.21. The fourth-order valence-corrected chi connectivity index (χ4v) is 5.32. The van der Waals surface area contributed by atoms with Crippen LogP contribution in [0, 0.1) is 0 Å². The minimum absolute atomic E-state index is 0.239. The molecule has 2 unspecified atom stereocenters. The van der Waals surface area contributed by atoms with Gasteiger partial charge in [0.1, 0.15) is 6.04 Å². The molecule has 1 aliphatic rings. The predicted octanol–water partition coefficient (Wildman–Crippen LogP) is 5.23. The number of carbonyl (C=O) groups excluding carboxylic acids is 3. The Labute approximate surface area is 225 Å². The number of benzene rings is 4. The van der Waals surface area contributed by atoms with E-state index >= 15 is 0 Å². The van der Waals surface area contributed by atoms with Gasteiger partial charge in [0.25, 0.3) is 17.7 Å².